The molecule has 2 aromatic heterocycles. The summed E-state index contributed by atoms with van der Waals surface area (Å²) in [5.41, 5.74) is 8.04. The standard InChI is InChI=1S/C22H19F3N6O2/c23-22(24,25)33-17-4-1-3-15(13-17)18-5-2-6-19-29-21(30-31(18)19)28-16-9-7-14(8-10-16)20(32)27-12-11-26/h1-10,13H,11-12,26H2,(H,27,32)(H,28,30). The average Bonchev–Trinajstić information content (AvgIpc) is 3.19. The summed E-state index contributed by atoms with van der Waals surface area (Å²) in [4.78, 5) is 16.4. The van der Waals surface area contributed by atoms with Crippen LogP contribution in [0.5, 0.6) is 5.75 Å². The number of hydrogen-bond acceptors (Lipinski definition) is 6. The molecule has 1 amide bonds. The number of nitrogens with zero attached hydrogens (tertiary/aromatic N) is 3. The number of amides is 1. The second-order valence-electron chi connectivity index (χ2n) is 6.94. The van der Waals surface area contributed by atoms with Crippen molar-refractivity contribution < 1.29 is 22.7 Å². The fraction of sp³-hybridized carbons (Fsp3) is 0.136. The number of halogens is 3. The highest BCUT2D eigenvalue weighted by Crippen LogP contribution is 2.28. The first-order valence-electron chi connectivity index (χ1n) is 9.90. The molecule has 11 heteroatoms. The van der Waals surface area contributed by atoms with Crippen LogP contribution in [0.3, 0.4) is 0 Å². The third-order valence-electron chi connectivity index (χ3n) is 4.56. The van der Waals surface area contributed by atoms with Gasteiger partial charge in [-0.15, -0.1) is 18.3 Å². The van der Waals surface area contributed by atoms with E-state index in [-0.39, 0.29) is 17.6 Å². The molecule has 4 N–H and O–H groups in total. The van der Waals surface area contributed by atoms with Gasteiger partial charge >= 0.3 is 6.36 Å². The van der Waals surface area contributed by atoms with Crippen molar-refractivity contribution in [3.8, 4) is 17.0 Å². The molecule has 2 aromatic carbocycles. The van der Waals surface area contributed by atoms with Crippen molar-refractivity contribution in [2.45, 2.75) is 6.36 Å². The van der Waals surface area contributed by atoms with Crippen LogP contribution in [0, 0.1) is 0 Å². The third-order valence-corrected chi connectivity index (χ3v) is 4.56. The molecule has 0 radical (unpaired) electrons. The van der Waals surface area contributed by atoms with Crippen molar-refractivity contribution in [1.29, 1.82) is 0 Å². The molecule has 0 unspecified atom stereocenters. The van der Waals surface area contributed by atoms with Gasteiger partial charge in [0.15, 0.2) is 5.65 Å². The molecule has 0 saturated carbocycles. The number of nitrogens with two attached hydrogens (primary N) is 1. The molecule has 4 aromatic rings. The predicted molar refractivity (Wildman–Crippen MR) is 116 cm³/mol. The minimum absolute atomic E-state index is 0.223. The van der Waals surface area contributed by atoms with E-state index in [1.165, 1.54) is 22.7 Å². The number of aromatic nitrogens is 3. The Kier molecular flexibility index (Phi) is 6.13. The van der Waals surface area contributed by atoms with Gasteiger partial charge in [-0.25, -0.2) is 4.52 Å². The van der Waals surface area contributed by atoms with Crippen molar-refractivity contribution in [1.82, 2.24) is 19.9 Å². The number of alkyl halides is 3. The maximum atomic E-state index is 12.6. The zero-order valence-corrected chi connectivity index (χ0v) is 17.1. The maximum Gasteiger partial charge on any atom is 0.573 e. The maximum absolute atomic E-state index is 12.6. The number of benzene rings is 2. The molecule has 0 aliphatic rings. The van der Waals surface area contributed by atoms with Gasteiger partial charge in [-0.05, 0) is 48.5 Å². The van der Waals surface area contributed by atoms with Gasteiger partial charge < -0.3 is 21.1 Å². The van der Waals surface area contributed by atoms with Gasteiger partial charge in [-0.1, -0.05) is 18.2 Å². The molecule has 0 saturated heterocycles. The Labute approximate surface area is 186 Å². The minimum Gasteiger partial charge on any atom is -0.406 e. The Hall–Kier alpha value is -4.12. The van der Waals surface area contributed by atoms with Crippen LogP contribution in [0.15, 0.2) is 66.7 Å². The first-order chi connectivity index (χ1) is 15.8. The highest BCUT2D eigenvalue weighted by Gasteiger charge is 2.31. The quantitative estimate of drug-likeness (QED) is 0.391. The second kappa shape index (κ2) is 9.17. The number of rotatable bonds is 7. The van der Waals surface area contributed by atoms with E-state index in [0.717, 1.165) is 0 Å². The van der Waals surface area contributed by atoms with Crippen molar-refractivity contribution in [2.75, 3.05) is 18.4 Å². The summed E-state index contributed by atoms with van der Waals surface area (Å²) in [6.07, 6.45) is -4.78. The Balaban J connectivity index is 1.57. The average molecular weight is 456 g/mol. The van der Waals surface area contributed by atoms with E-state index < -0.39 is 6.36 Å². The molecular formula is C22H19F3N6O2. The summed E-state index contributed by atoms with van der Waals surface area (Å²) in [6.45, 7) is 0.740. The number of carbonyl (C=O) groups excluding carboxylic acids is 1. The van der Waals surface area contributed by atoms with E-state index in [1.807, 2.05) is 0 Å². The van der Waals surface area contributed by atoms with Crippen LogP contribution < -0.4 is 21.1 Å². The number of nitrogens with one attached hydrogen (secondary N) is 2. The van der Waals surface area contributed by atoms with Crippen LogP contribution in [0.4, 0.5) is 24.8 Å². The Bertz CT molecular complexity index is 1270. The van der Waals surface area contributed by atoms with Crippen LogP contribution in [0.2, 0.25) is 0 Å². The molecule has 2 heterocycles. The van der Waals surface area contributed by atoms with Crippen LogP contribution >= 0.6 is 0 Å². The van der Waals surface area contributed by atoms with Gasteiger partial charge in [-0.2, -0.15) is 4.98 Å². The Morgan fingerprint density at radius 2 is 1.82 bits per heavy atom. The zero-order chi connectivity index (χ0) is 23.4. The van der Waals surface area contributed by atoms with Crippen LogP contribution in [0.25, 0.3) is 16.9 Å². The molecule has 0 spiro atoms. The third kappa shape index (κ3) is 5.39. The lowest BCUT2D eigenvalue weighted by Crippen LogP contribution is -2.28. The summed E-state index contributed by atoms with van der Waals surface area (Å²) in [6, 6.07) is 17.5. The highest BCUT2D eigenvalue weighted by molar-refractivity contribution is 5.94. The van der Waals surface area contributed by atoms with Crippen molar-refractivity contribution in [3.05, 3.63) is 72.3 Å². The van der Waals surface area contributed by atoms with E-state index >= 15 is 0 Å². The second-order valence-corrected chi connectivity index (χ2v) is 6.94. The van der Waals surface area contributed by atoms with Crippen molar-refractivity contribution in [3.63, 3.8) is 0 Å². The SMILES string of the molecule is NCCNC(=O)c1ccc(Nc2nc3cccc(-c4cccc(OC(F)(F)F)c4)n3n2)cc1. The summed E-state index contributed by atoms with van der Waals surface area (Å²) < 4.78 is 43.3. The summed E-state index contributed by atoms with van der Waals surface area (Å²) in [5.74, 6) is -0.268. The fourth-order valence-corrected chi connectivity index (χ4v) is 3.15. The fourth-order valence-electron chi connectivity index (χ4n) is 3.15. The molecule has 0 aliphatic heterocycles. The summed E-state index contributed by atoms with van der Waals surface area (Å²) in [7, 11) is 0. The predicted octanol–water partition coefficient (Wildman–Crippen LogP) is 3.73. The first-order valence-corrected chi connectivity index (χ1v) is 9.90. The van der Waals surface area contributed by atoms with Gasteiger partial charge in [0.1, 0.15) is 5.75 Å². The van der Waals surface area contributed by atoms with E-state index in [2.05, 4.69) is 25.5 Å². The Morgan fingerprint density at radius 3 is 2.55 bits per heavy atom. The van der Waals surface area contributed by atoms with Crippen LogP contribution in [-0.2, 0) is 0 Å². The van der Waals surface area contributed by atoms with Crippen LogP contribution in [-0.4, -0.2) is 40.0 Å². The summed E-state index contributed by atoms with van der Waals surface area (Å²) >= 11 is 0. The largest absolute Gasteiger partial charge is 0.573 e. The molecule has 0 aliphatic carbocycles. The topological polar surface area (TPSA) is 107 Å². The van der Waals surface area contributed by atoms with Crippen LogP contribution in [0.1, 0.15) is 10.4 Å². The lowest BCUT2D eigenvalue weighted by molar-refractivity contribution is -0.274. The molecular weight excluding hydrogens is 437 g/mol. The molecule has 8 nitrogen and oxygen atoms in total. The van der Waals surface area contributed by atoms with E-state index in [0.29, 0.717) is 41.2 Å². The lowest BCUT2D eigenvalue weighted by atomic mass is 10.1. The smallest absolute Gasteiger partial charge is 0.406 e. The molecule has 0 atom stereocenters. The van der Waals surface area contributed by atoms with E-state index in [1.54, 1.807) is 48.5 Å². The van der Waals surface area contributed by atoms with Crippen molar-refractivity contribution in [2.24, 2.45) is 5.73 Å². The monoisotopic (exact) mass is 456 g/mol. The van der Waals surface area contributed by atoms with Gasteiger partial charge in [0.2, 0.25) is 5.95 Å². The molecule has 0 fully saturated rings. The number of ether oxygens (including phenoxy) is 1. The number of pyridine rings is 1. The number of fused-ring (bicyclic) bond motifs is 1. The normalized spacial score (nSPS) is 11.4. The highest BCUT2D eigenvalue weighted by atomic mass is 19.4. The number of carbonyl (C=O) groups is 1. The summed E-state index contributed by atoms with van der Waals surface area (Å²) in [5, 5.41) is 10.2. The van der Waals surface area contributed by atoms with Gasteiger partial charge in [0, 0.05) is 29.9 Å². The molecule has 170 valence electrons. The number of hydrogen-bond donors (Lipinski definition) is 3. The Morgan fingerprint density at radius 1 is 1.06 bits per heavy atom. The van der Waals surface area contributed by atoms with Gasteiger partial charge in [0.05, 0.1) is 5.69 Å². The minimum atomic E-state index is -4.78. The lowest BCUT2D eigenvalue weighted by Gasteiger charge is -2.10. The van der Waals surface area contributed by atoms with Gasteiger partial charge in [-0.3, -0.25) is 4.79 Å². The van der Waals surface area contributed by atoms with Gasteiger partial charge in [0.25, 0.3) is 5.91 Å². The van der Waals surface area contributed by atoms with E-state index in [9.17, 15) is 18.0 Å². The molecule has 0 bridgehead atoms. The van der Waals surface area contributed by atoms with E-state index in [4.69, 9.17) is 5.73 Å². The number of anilines is 2. The molecule has 33 heavy (non-hydrogen) atoms. The first kappa shape index (κ1) is 22.1. The molecule has 4 rings (SSSR count). The van der Waals surface area contributed by atoms with Crippen molar-refractivity contribution >= 4 is 23.2 Å². The zero-order valence-electron chi connectivity index (χ0n) is 17.1.